The number of amides is 1. The third-order valence-electron chi connectivity index (χ3n) is 3.12. The van der Waals surface area contributed by atoms with Gasteiger partial charge in [-0.05, 0) is 36.6 Å². The summed E-state index contributed by atoms with van der Waals surface area (Å²) in [6, 6.07) is 5.72. The van der Waals surface area contributed by atoms with E-state index in [4.69, 9.17) is 5.73 Å². The Morgan fingerprint density at radius 2 is 2.33 bits per heavy atom. The van der Waals surface area contributed by atoms with Crippen LogP contribution in [0.15, 0.2) is 29.1 Å². The molecular formula is C13H13N3OS. The Morgan fingerprint density at radius 3 is 3.11 bits per heavy atom. The number of aryl methyl sites for hydroxylation is 1. The fraction of sp³-hybridized carbons (Fsp3) is 0.231. The molecule has 0 atom stereocenters. The number of nitrogens with zero attached hydrogens (tertiary/aromatic N) is 2. The maximum absolute atomic E-state index is 12.3. The first-order chi connectivity index (χ1) is 8.75. The number of carbonyl (C=O) groups is 1. The minimum absolute atomic E-state index is 0.0260. The molecule has 0 spiro atoms. The molecule has 5 heteroatoms. The van der Waals surface area contributed by atoms with E-state index < -0.39 is 0 Å². The van der Waals surface area contributed by atoms with Gasteiger partial charge in [-0.25, -0.2) is 4.98 Å². The van der Waals surface area contributed by atoms with E-state index in [1.807, 2.05) is 18.2 Å². The number of hydrogen-bond donors (Lipinski definition) is 1. The third kappa shape index (κ3) is 1.86. The molecule has 1 aromatic carbocycles. The first-order valence-electron chi connectivity index (χ1n) is 5.84. The SMILES string of the molecule is Nc1ccc2c(c1)CCCN2C(=O)c1cscn1. The number of nitrogens with two attached hydrogens (primary N) is 1. The molecule has 0 unspecified atom stereocenters. The zero-order valence-electron chi connectivity index (χ0n) is 9.80. The zero-order chi connectivity index (χ0) is 12.5. The Bertz CT molecular complexity index is 580. The van der Waals surface area contributed by atoms with Gasteiger partial charge in [-0.15, -0.1) is 11.3 Å². The second kappa shape index (κ2) is 4.42. The second-order valence-electron chi connectivity index (χ2n) is 4.32. The lowest BCUT2D eigenvalue weighted by atomic mass is 10.0. The van der Waals surface area contributed by atoms with Crippen molar-refractivity contribution in [1.82, 2.24) is 4.98 Å². The van der Waals surface area contributed by atoms with E-state index in [0.29, 0.717) is 5.69 Å². The molecule has 1 aromatic heterocycles. The number of nitrogen functional groups attached to an aromatic ring is 1. The van der Waals surface area contributed by atoms with Crippen molar-refractivity contribution in [3.8, 4) is 0 Å². The molecule has 4 nitrogen and oxygen atoms in total. The molecule has 1 amide bonds. The van der Waals surface area contributed by atoms with Crippen molar-refractivity contribution in [2.75, 3.05) is 17.2 Å². The number of aromatic nitrogens is 1. The van der Waals surface area contributed by atoms with E-state index in [1.165, 1.54) is 11.3 Å². The van der Waals surface area contributed by atoms with Crippen molar-refractivity contribution in [1.29, 1.82) is 0 Å². The summed E-state index contributed by atoms with van der Waals surface area (Å²) in [5.74, 6) is -0.0260. The van der Waals surface area contributed by atoms with Crippen LogP contribution in [0.2, 0.25) is 0 Å². The molecule has 1 aliphatic heterocycles. The van der Waals surface area contributed by atoms with Gasteiger partial charge in [0.2, 0.25) is 0 Å². The molecule has 0 bridgehead atoms. The average Bonchev–Trinajstić information content (AvgIpc) is 2.90. The lowest BCUT2D eigenvalue weighted by molar-refractivity contribution is 0.0981. The molecule has 3 rings (SSSR count). The van der Waals surface area contributed by atoms with Gasteiger partial charge in [-0.2, -0.15) is 0 Å². The summed E-state index contributed by atoms with van der Waals surface area (Å²) < 4.78 is 0. The standard InChI is InChI=1S/C13H13N3OS/c14-10-3-4-12-9(6-10)2-1-5-16(12)13(17)11-7-18-8-15-11/h3-4,6-8H,1-2,5,14H2. The van der Waals surface area contributed by atoms with Crippen LogP contribution in [0.3, 0.4) is 0 Å². The molecule has 0 saturated carbocycles. The van der Waals surface area contributed by atoms with E-state index in [-0.39, 0.29) is 5.91 Å². The van der Waals surface area contributed by atoms with Crippen molar-refractivity contribution >= 4 is 28.6 Å². The third-order valence-corrected chi connectivity index (χ3v) is 3.71. The molecular weight excluding hydrogens is 246 g/mol. The fourth-order valence-corrected chi connectivity index (χ4v) is 2.81. The van der Waals surface area contributed by atoms with Crippen LogP contribution in [0.1, 0.15) is 22.5 Å². The van der Waals surface area contributed by atoms with E-state index in [1.54, 1.807) is 15.8 Å². The maximum Gasteiger partial charge on any atom is 0.277 e. The van der Waals surface area contributed by atoms with Crippen LogP contribution in [-0.4, -0.2) is 17.4 Å². The molecule has 2 aromatic rings. The minimum Gasteiger partial charge on any atom is -0.399 e. The van der Waals surface area contributed by atoms with E-state index in [9.17, 15) is 4.79 Å². The van der Waals surface area contributed by atoms with E-state index in [0.717, 1.165) is 36.3 Å². The van der Waals surface area contributed by atoms with Crippen LogP contribution in [0.25, 0.3) is 0 Å². The summed E-state index contributed by atoms with van der Waals surface area (Å²) in [6.45, 7) is 0.743. The van der Waals surface area contributed by atoms with Gasteiger partial charge in [0.15, 0.2) is 0 Å². The first-order valence-corrected chi connectivity index (χ1v) is 6.78. The smallest absolute Gasteiger partial charge is 0.277 e. The summed E-state index contributed by atoms with van der Waals surface area (Å²) in [5.41, 5.74) is 10.8. The normalized spacial score (nSPS) is 14.3. The summed E-state index contributed by atoms with van der Waals surface area (Å²) in [6.07, 6.45) is 1.94. The monoisotopic (exact) mass is 259 g/mol. The Morgan fingerprint density at radius 1 is 1.44 bits per heavy atom. The molecule has 2 N–H and O–H groups in total. The van der Waals surface area contributed by atoms with Crippen molar-refractivity contribution in [3.05, 3.63) is 40.3 Å². The molecule has 0 radical (unpaired) electrons. The Balaban J connectivity index is 1.99. The van der Waals surface area contributed by atoms with Crippen LogP contribution in [0, 0.1) is 0 Å². The summed E-state index contributed by atoms with van der Waals surface area (Å²) >= 11 is 1.44. The molecule has 92 valence electrons. The number of rotatable bonds is 1. The van der Waals surface area contributed by atoms with Crippen molar-refractivity contribution in [3.63, 3.8) is 0 Å². The van der Waals surface area contributed by atoms with Gasteiger partial charge in [0, 0.05) is 23.3 Å². The maximum atomic E-state index is 12.3. The fourth-order valence-electron chi connectivity index (χ4n) is 2.28. The second-order valence-corrected chi connectivity index (χ2v) is 5.04. The predicted molar refractivity (Wildman–Crippen MR) is 73.0 cm³/mol. The van der Waals surface area contributed by atoms with Crippen LogP contribution >= 0.6 is 11.3 Å². The van der Waals surface area contributed by atoms with Gasteiger partial charge in [0.25, 0.3) is 5.91 Å². The highest BCUT2D eigenvalue weighted by Gasteiger charge is 2.24. The number of thiazole rings is 1. The Labute approximate surface area is 109 Å². The highest BCUT2D eigenvalue weighted by atomic mass is 32.1. The van der Waals surface area contributed by atoms with Gasteiger partial charge in [0.1, 0.15) is 5.69 Å². The largest absolute Gasteiger partial charge is 0.399 e. The Kier molecular flexibility index (Phi) is 2.76. The quantitative estimate of drug-likeness (QED) is 0.799. The number of benzene rings is 1. The number of fused-ring (bicyclic) bond motifs is 1. The summed E-state index contributed by atoms with van der Waals surface area (Å²) in [5, 5.41) is 1.79. The van der Waals surface area contributed by atoms with Crippen molar-refractivity contribution in [2.45, 2.75) is 12.8 Å². The Hall–Kier alpha value is -1.88. The lowest BCUT2D eigenvalue weighted by Crippen LogP contribution is -2.35. The molecule has 18 heavy (non-hydrogen) atoms. The van der Waals surface area contributed by atoms with Crippen LogP contribution in [0.4, 0.5) is 11.4 Å². The molecule has 2 heterocycles. The number of anilines is 2. The van der Waals surface area contributed by atoms with Gasteiger partial charge in [-0.3, -0.25) is 4.79 Å². The first kappa shape index (κ1) is 11.2. The molecule has 0 fully saturated rings. The predicted octanol–water partition coefficient (Wildman–Crippen LogP) is 2.32. The molecule has 1 aliphatic rings. The highest BCUT2D eigenvalue weighted by molar-refractivity contribution is 7.07. The van der Waals surface area contributed by atoms with Crippen LogP contribution < -0.4 is 10.6 Å². The number of hydrogen-bond acceptors (Lipinski definition) is 4. The van der Waals surface area contributed by atoms with Gasteiger partial charge in [-0.1, -0.05) is 0 Å². The molecule has 0 saturated heterocycles. The van der Waals surface area contributed by atoms with Crippen LogP contribution in [-0.2, 0) is 6.42 Å². The van der Waals surface area contributed by atoms with Gasteiger partial charge in [0.05, 0.1) is 5.51 Å². The van der Waals surface area contributed by atoms with E-state index >= 15 is 0 Å². The highest BCUT2D eigenvalue weighted by Crippen LogP contribution is 2.29. The lowest BCUT2D eigenvalue weighted by Gasteiger charge is -2.29. The molecule has 0 aliphatic carbocycles. The summed E-state index contributed by atoms with van der Waals surface area (Å²) in [4.78, 5) is 18.2. The zero-order valence-corrected chi connectivity index (χ0v) is 10.6. The topological polar surface area (TPSA) is 59.2 Å². The van der Waals surface area contributed by atoms with Gasteiger partial charge < -0.3 is 10.6 Å². The average molecular weight is 259 g/mol. The number of carbonyl (C=O) groups excluding carboxylic acids is 1. The van der Waals surface area contributed by atoms with Crippen molar-refractivity contribution in [2.24, 2.45) is 0 Å². The van der Waals surface area contributed by atoms with E-state index in [2.05, 4.69) is 4.98 Å². The van der Waals surface area contributed by atoms with Crippen molar-refractivity contribution < 1.29 is 4.79 Å². The summed E-state index contributed by atoms with van der Waals surface area (Å²) in [7, 11) is 0. The van der Waals surface area contributed by atoms with Gasteiger partial charge >= 0.3 is 0 Å². The minimum atomic E-state index is -0.0260. The van der Waals surface area contributed by atoms with Crippen LogP contribution in [0.5, 0.6) is 0 Å².